The topological polar surface area (TPSA) is 156 Å². The third kappa shape index (κ3) is 6.31. The second-order valence-electron chi connectivity index (χ2n) is 13.3. The van der Waals surface area contributed by atoms with E-state index in [9.17, 15) is 24.3 Å². The van der Waals surface area contributed by atoms with Crippen LogP contribution in [0.15, 0.2) is 78.9 Å². The van der Waals surface area contributed by atoms with Crippen LogP contribution >= 0.6 is 0 Å². The maximum absolute atomic E-state index is 15.0. The zero-order valence-electron chi connectivity index (χ0n) is 27.8. The Labute approximate surface area is 289 Å². The maximum Gasteiger partial charge on any atom is 0.306 e. The number of benzene rings is 2. The monoisotopic (exact) mass is 682 g/mol. The van der Waals surface area contributed by atoms with Crippen LogP contribution in [0.1, 0.15) is 50.1 Å². The molecule has 5 bridgehead atoms. The highest BCUT2D eigenvalue weighted by atomic mass is 16.5. The van der Waals surface area contributed by atoms with Crippen molar-refractivity contribution in [3.05, 3.63) is 84.5 Å². The van der Waals surface area contributed by atoms with Crippen molar-refractivity contribution in [2.75, 3.05) is 26.3 Å². The highest BCUT2D eigenvalue weighted by Gasteiger charge is 2.73. The van der Waals surface area contributed by atoms with Crippen LogP contribution in [0.5, 0.6) is 0 Å². The van der Waals surface area contributed by atoms with Crippen molar-refractivity contribution in [1.82, 2.24) is 30.1 Å². The van der Waals surface area contributed by atoms with E-state index in [2.05, 4.69) is 15.6 Å². The zero-order chi connectivity index (χ0) is 34.7. The van der Waals surface area contributed by atoms with E-state index in [1.807, 2.05) is 72.8 Å². The van der Waals surface area contributed by atoms with Gasteiger partial charge in [-0.3, -0.25) is 19.2 Å². The zero-order valence-corrected chi connectivity index (χ0v) is 27.8. The average molecular weight is 683 g/mol. The number of hydrogen-bond donors (Lipinski definition) is 2. The van der Waals surface area contributed by atoms with Crippen molar-refractivity contribution < 1.29 is 33.8 Å². The molecule has 3 amide bonds. The summed E-state index contributed by atoms with van der Waals surface area (Å²) < 4.78 is 13.9. The van der Waals surface area contributed by atoms with Crippen molar-refractivity contribution in [2.24, 2.45) is 11.8 Å². The van der Waals surface area contributed by atoms with Crippen LogP contribution in [0.2, 0.25) is 0 Å². The Kier molecular flexibility index (Phi) is 9.77. The molecule has 4 aliphatic heterocycles. The molecule has 2 N–H and O–H groups in total. The van der Waals surface area contributed by atoms with Gasteiger partial charge in [0.25, 0.3) is 5.91 Å². The van der Waals surface area contributed by atoms with Gasteiger partial charge in [-0.15, -0.1) is 5.10 Å². The smallest absolute Gasteiger partial charge is 0.306 e. The maximum atomic E-state index is 15.0. The normalized spacial score (nSPS) is 29.0. The third-order valence-electron chi connectivity index (χ3n) is 10.2. The lowest BCUT2D eigenvalue weighted by molar-refractivity contribution is -0.148. The fraction of sp³-hybridized carbons (Fsp3) is 0.459. The number of cyclic esters (lactones) is 1. The first kappa shape index (κ1) is 33.6. The van der Waals surface area contributed by atoms with Crippen LogP contribution in [-0.4, -0.2) is 97.6 Å². The van der Waals surface area contributed by atoms with E-state index in [0.717, 1.165) is 23.9 Å². The van der Waals surface area contributed by atoms with Crippen molar-refractivity contribution in [2.45, 2.75) is 69.0 Å². The van der Waals surface area contributed by atoms with E-state index in [1.165, 1.54) is 0 Å². The lowest BCUT2D eigenvalue weighted by Crippen LogP contribution is -2.56. The fourth-order valence-electron chi connectivity index (χ4n) is 7.75. The number of aliphatic hydroxyl groups excluding tert-OH is 1. The predicted molar refractivity (Wildman–Crippen MR) is 181 cm³/mol. The molecule has 0 unspecified atom stereocenters. The minimum atomic E-state index is -1.35. The quantitative estimate of drug-likeness (QED) is 0.197. The van der Waals surface area contributed by atoms with E-state index in [4.69, 9.17) is 9.47 Å². The number of fused-ring (bicyclic) bond motifs is 3. The van der Waals surface area contributed by atoms with E-state index >= 15 is 0 Å². The van der Waals surface area contributed by atoms with Crippen LogP contribution in [0.4, 0.5) is 0 Å². The van der Waals surface area contributed by atoms with Crippen LogP contribution in [-0.2, 0) is 35.3 Å². The molecule has 3 aromatic rings. The molecule has 13 heteroatoms. The Morgan fingerprint density at radius 3 is 2.58 bits per heavy atom. The molecule has 262 valence electrons. The standard InChI is InChI=1S/C37H42N6O7/c44-22-12-2-1-11-21-42-33-36(48)41(24-43-28-16-9-8-15-26(28)39-40-43)20-10-4-7-17-30(45)49-23-27(25-13-5-3-6-14-25)38-34(46)31-29-18-19-37(33,50-29)32(31)35(42)47/h3-6,8-10,13-16,18-19,27,29,31-33,44H,1-2,7,11-12,17,20-24H2,(H,38,46)/b10-4-/t27-,29-,31+,32+,33-,37+/m0/s1. The van der Waals surface area contributed by atoms with Crippen molar-refractivity contribution in [1.29, 1.82) is 0 Å². The Hall–Kier alpha value is -4.88. The van der Waals surface area contributed by atoms with Gasteiger partial charge in [0, 0.05) is 26.1 Å². The molecule has 5 heterocycles. The lowest BCUT2D eigenvalue weighted by atomic mass is 9.74. The SMILES string of the molecule is O=C1CC/C=C\CN(Cn2nnc3ccccc32)C(=O)[C@@H]2N(CCCCCCO)C(=O)[C@H]3[C@H](C(=O)N[C@H](c4ccccc4)CO1)[C@@H]1C=C[C@]23O1. The molecule has 2 fully saturated rings. The number of nitrogens with one attached hydrogen (secondary N) is 1. The molecule has 13 nitrogen and oxygen atoms in total. The Morgan fingerprint density at radius 2 is 1.74 bits per heavy atom. The van der Waals surface area contributed by atoms with Gasteiger partial charge in [-0.25, -0.2) is 4.68 Å². The molecule has 0 saturated carbocycles. The van der Waals surface area contributed by atoms with Gasteiger partial charge in [0.05, 0.1) is 29.5 Å². The number of ether oxygens (including phenoxy) is 2. The fourth-order valence-corrected chi connectivity index (χ4v) is 7.75. The number of aromatic nitrogens is 3. The number of para-hydroxylation sites is 1. The molecular weight excluding hydrogens is 640 g/mol. The summed E-state index contributed by atoms with van der Waals surface area (Å²) in [7, 11) is 0. The summed E-state index contributed by atoms with van der Waals surface area (Å²) in [5, 5.41) is 20.9. The van der Waals surface area contributed by atoms with E-state index in [-0.39, 0.29) is 44.7 Å². The molecule has 6 atom stereocenters. The Morgan fingerprint density at radius 1 is 0.940 bits per heavy atom. The van der Waals surface area contributed by atoms with E-state index < -0.39 is 47.5 Å². The number of carbonyl (C=O) groups excluding carboxylic acids is 4. The number of nitrogens with zero attached hydrogens (tertiary/aromatic N) is 5. The number of carbonyl (C=O) groups is 4. The minimum Gasteiger partial charge on any atom is -0.463 e. The molecule has 0 radical (unpaired) electrons. The van der Waals surface area contributed by atoms with Gasteiger partial charge >= 0.3 is 5.97 Å². The second-order valence-corrected chi connectivity index (χ2v) is 13.3. The molecule has 2 aromatic carbocycles. The van der Waals surface area contributed by atoms with Crippen LogP contribution in [0, 0.1) is 11.8 Å². The predicted octanol–water partition coefficient (Wildman–Crippen LogP) is 2.67. The van der Waals surface area contributed by atoms with Gasteiger partial charge in [-0.1, -0.05) is 84.8 Å². The number of rotatable bonds is 9. The van der Waals surface area contributed by atoms with E-state index in [0.29, 0.717) is 31.3 Å². The summed E-state index contributed by atoms with van der Waals surface area (Å²) in [5.41, 5.74) is 0.841. The molecular formula is C37H42N6O7. The first-order valence-corrected chi connectivity index (χ1v) is 17.4. The highest BCUT2D eigenvalue weighted by molar-refractivity contribution is 6.00. The van der Waals surface area contributed by atoms with Crippen LogP contribution < -0.4 is 5.32 Å². The molecule has 1 spiro atoms. The number of allylic oxidation sites excluding steroid dienone is 1. The number of unbranched alkanes of at least 4 members (excludes halogenated alkanes) is 3. The van der Waals surface area contributed by atoms with Crippen molar-refractivity contribution >= 4 is 34.7 Å². The summed E-state index contributed by atoms with van der Waals surface area (Å²) >= 11 is 0. The van der Waals surface area contributed by atoms with E-state index in [1.54, 1.807) is 20.6 Å². The number of likely N-dealkylation sites (tertiary alicyclic amines) is 1. The van der Waals surface area contributed by atoms with Gasteiger partial charge in [0.1, 0.15) is 30.4 Å². The van der Waals surface area contributed by atoms with Gasteiger partial charge in [0.15, 0.2) is 0 Å². The van der Waals surface area contributed by atoms with Crippen molar-refractivity contribution in [3.8, 4) is 0 Å². The highest BCUT2D eigenvalue weighted by Crippen LogP contribution is 2.55. The number of amides is 3. The second kappa shape index (κ2) is 14.5. The van der Waals surface area contributed by atoms with Gasteiger partial charge in [-0.05, 0) is 37.0 Å². The lowest BCUT2D eigenvalue weighted by Gasteiger charge is -2.35. The molecule has 1 aromatic heterocycles. The summed E-state index contributed by atoms with van der Waals surface area (Å²) in [6.45, 7) is 0.543. The molecule has 2 saturated heterocycles. The van der Waals surface area contributed by atoms with Gasteiger partial charge < -0.3 is 29.7 Å². The third-order valence-corrected chi connectivity index (χ3v) is 10.2. The molecule has 50 heavy (non-hydrogen) atoms. The summed E-state index contributed by atoms with van der Waals surface area (Å²) in [6.07, 6.45) is 9.90. The Bertz CT molecular complexity index is 1790. The number of aliphatic hydroxyl groups is 1. The summed E-state index contributed by atoms with van der Waals surface area (Å²) in [5.74, 6) is -3.28. The van der Waals surface area contributed by atoms with Crippen LogP contribution in [0.25, 0.3) is 11.0 Å². The molecule has 4 aliphatic rings. The number of esters is 1. The van der Waals surface area contributed by atoms with Crippen molar-refractivity contribution in [3.63, 3.8) is 0 Å². The summed E-state index contributed by atoms with van der Waals surface area (Å²) in [6, 6.07) is 15.0. The van der Waals surface area contributed by atoms with Gasteiger partial charge in [-0.2, -0.15) is 0 Å². The number of hydrogen-bond acceptors (Lipinski definition) is 9. The molecule has 7 rings (SSSR count). The van der Waals surface area contributed by atoms with Crippen LogP contribution in [0.3, 0.4) is 0 Å². The average Bonchev–Trinajstić information content (AvgIpc) is 3.88. The first-order valence-electron chi connectivity index (χ1n) is 17.4. The minimum absolute atomic E-state index is 0.0529. The Balaban J connectivity index is 1.26. The largest absolute Gasteiger partial charge is 0.463 e. The summed E-state index contributed by atoms with van der Waals surface area (Å²) in [4.78, 5) is 59.7. The molecule has 0 aliphatic carbocycles. The van der Waals surface area contributed by atoms with Gasteiger partial charge in [0.2, 0.25) is 11.8 Å². The first-order chi connectivity index (χ1) is 24.4.